The summed E-state index contributed by atoms with van der Waals surface area (Å²) in [5, 5.41) is 0. The minimum Gasteiger partial charge on any atom is -0.327 e. The van der Waals surface area contributed by atoms with Gasteiger partial charge < -0.3 is 5.73 Å². The Morgan fingerprint density at radius 2 is 1.70 bits per heavy atom. The molecule has 2 aromatic rings. The molecule has 1 unspecified atom stereocenters. The van der Waals surface area contributed by atoms with Crippen molar-refractivity contribution in [1.29, 1.82) is 0 Å². The molecule has 0 aliphatic carbocycles. The van der Waals surface area contributed by atoms with E-state index in [4.69, 9.17) is 5.73 Å². The fraction of sp³-hybridized carbons (Fsp3) is 0.250. The molecule has 2 N–H and O–H groups in total. The van der Waals surface area contributed by atoms with Crippen molar-refractivity contribution in [2.24, 2.45) is 5.73 Å². The molecule has 0 radical (unpaired) electrons. The van der Waals surface area contributed by atoms with Crippen LogP contribution in [0.1, 0.15) is 18.9 Å². The Morgan fingerprint density at radius 3 is 2.35 bits per heavy atom. The van der Waals surface area contributed by atoms with Gasteiger partial charge in [0.05, 0.1) is 0 Å². The van der Waals surface area contributed by atoms with Gasteiger partial charge in [-0.1, -0.05) is 50.5 Å². The van der Waals surface area contributed by atoms with Crippen LogP contribution in [0.4, 0.5) is 0 Å². The molecule has 0 heterocycles. The molecule has 2 aromatic carbocycles. The maximum Gasteiger partial charge on any atom is 0.0178 e. The highest BCUT2D eigenvalue weighted by atomic mass is 79.9. The topological polar surface area (TPSA) is 26.0 Å². The quantitative estimate of drug-likeness (QED) is 0.684. The van der Waals surface area contributed by atoms with Crippen LogP contribution in [-0.4, -0.2) is 6.04 Å². The van der Waals surface area contributed by atoms with Crippen LogP contribution in [0.15, 0.2) is 61.2 Å². The Hall–Kier alpha value is -0.290. The molecule has 0 saturated heterocycles. The number of benzene rings is 2. The fourth-order valence-electron chi connectivity index (χ4n) is 1.86. The fourth-order valence-corrected chi connectivity index (χ4v) is 3.47. The monoisotopic (exact) mass is 413 g/mol. The molecule has 0 amide bonds. The lowest BCUT2D eigenvalue weighted by Crippen LogP contribution is -2.21. The molecular weight excluding hydrogens is 398 g/mol. The predicted molar refractivity (Wildman–Crippen MR) is 94.4 cm³/mol. The van der Waals surface area contributed by atoms with Gasteiger partial charge in [-0.15, -0.1) is 0 Å². The van der Waals surface area contributed by atoms with E-state index in [1.54, 1.807) is 11.8 Å². The minimum atomic E-state index is 0.216. The highest BCUT2D eigenvalue weighted by Gasteiger charge is 2.09. The average Bonchev–Trinajstić information content (AvgIpc) is 2.44. The molecule has 0 bridgehead atoms. The zero-order chi connectivity index (χ0) is 14.5. The molecule has 0 spiro atoms. The van der Waals surface area contributed by atoms with E-state index in [1.807, 2.05) is 0 Å². The van der Waals surface area contributed by atoms with Crippen LogP contribution in [-0.2, 0) is 6.42 Å². The lowest BCUT2D eigenvalue weighted by atomic mass is 10.1. The summed E-state index contributed by atoms with van der Waals surface area (Å²) in [5.74, 6) is 0. The molecule has 0 saturated carbocycles. The first-order chi connectivity index (χ1) is 9.58. The van der Waals surface area contributed by atoms with Gasteiger partial charge in [0.25, 0.3) is 0 Å². The van der Waals surface area contributed by atoms with Crippen LogP contribution in [0.2, 0.25) is 0 Å². The summed E-state index contributed by atoms with van der Waals surface area (Å²) in [6.07, 6.45) is 1.91. The molecule has 0 fully saturated rings. The third kappa shape index (κ3) is 4.62. The molecule has 0 aromatic heterocycles. The molecular formula is C16H17Br2NS. The molecule has 106 valence electrons. The van der Waals surface area contributed by atoms with Gasteiger partial charge >= 0.3 is 0 Å². The van der Waals surface area contributed by atoms with Gasteiger partial charge in [-0.2, -0.15) is 0 Å². The summed E-state index contributed by atoms with van der Waals surface area (Å²) in [4.78, 5) is 2.52. The Labute approximate surface area is 141 Å². The molecule has 0 aliphatic heterocycles. The standard InChI is InChI=1S/C16H17Br2NS/c1-2-14(19)10-11-9-13(18)5-8-16(11)20-15-6-3-12(17)4-7-15/h3-9,14H,2,10,19H2,1H3. The predicted octanol–water partition coefficient (Wildman–Crippen LogP) is 5.64. The van der Waals surface area contributed by atoms with Gasteiger partial charge in [-0.25, -0.2) is 0 Å². The Bertz CT molecular complexity index is 569. The highest BCUT2D eigenvalue weighted by molar-refractivity contribution is 9.10. The van der Waals surface area contributed by atoms with E-state index >= 15 is 0 Å². The van der Waals surface area contributed by atoms with Gasteiger partial charge in [0.15, 0.2) is 0 Å². The first-order valence-corrected chi connectivity index (χ1v) is 8.96. The summed E-state index contributed by atoms with van der Waals surface area (Å²) in [7, 11) is 0. The van der Waals surface area contributed by atoms with E-state index in [9.17, 15) is 0 Å². The van der Waals surface area contributed by atoms with Crippen molar-refractivity contribution in [1.82, 2.24) is 0 Å². The van der Waals surface area contributed by atoms with Gasteiger partial charge in [0, 0.05) is 24.8 Å². The number of hydrogen-bond acceptors (Lipinski definition) is 2. The normalized spacial score (nSPS) is 12.4. The molecule has 20 heavy (non-hydrogen) atoms. The summed E-state index contributed by atoms with van der Waals surface area (Å²) < 4.78 is 2.21. The van der Waals surface area contributed by atoms with Gasteiger partial charge in [0.1, 0.15) is 0 Å². The second-order valence-corrected chi connectivity index (χ2v) is 7.63. The second-order valence-electron chi connectivity index (χ2n) is 4.68. The molecule has 2 rings (SSSR count). The van der Waals surface area contributed by atoms with Crippen molar-refractivity contribution in [2.45, 2.75) is 35.6 Å². The van der Waals surface area contributed by atoms with E-state index < -0.39 is 0 Å². The van der Waals surface area contributed by atoms with Crippen LogP contribution >= 0.6 is 43.6 Å². The van der Waals surface area contributed by atoms with E-state index in [0.717, 1.165) is 21.8 Å². The van der Waals surface area contributed by atoms with Gasteiger partial charge in [0.2, 0.25) is 0 Å². The first kappa shape index (κ1) is 16.1. The lowest BCUT2D eigenvalue weighted by Gasteiger charge is -2.13. The van der Waals surface area contributed by atoms with Crippen molar-refractivity contribution >= 4 is 43.6 Å². The summed E-state index contributed by atoms with van der Waals surface area (Å²) in [6, 6.07) is 15.0. The Kier molecular flexibility index (Phi) is 6.15. The van der Waals surface area contributed by atoms with Crippen LogP contribution < -0.4 is 5.73 Å². The third-order valence-corrected chi connectivity index (χ3v) is 5.22. The van der Waals surface area contributed by atoms with Crippen LogP contribution in [0.5, 0.6) is 0 Å². The highest BCUT2D eigenvalue weighted by Crippen LogP contribution is 2.33. The zero-order valence-corrected chi connectivity index (χ0v) is 15.3. The van der Waals surface area contributed by atoms with Gasteiger partial charge in [-0.05, 0) is 60.9 Å². The van der Waals surface area contributed by atoms with Crippen molar-refractivity contribution in [2.75, 3.05) is 0 Å². The van der Waals surface area contributed by atoms with Crippen LogP contribution in [0, 0.1) is 0 Å². The van der Waals surface area contributed by atoms with Crippen molar-refractivity contribution in [3.63, 3.8) is 0 Å². The van der Waals surface area contributed by atoms with Gasteiger partial charge in [-0.3, -0.25) is 0 Å². The summed E-state index contributed by atoms with van der Waals surface area (Å²) in [5.41, 5.74) is 7.41. The van der Waals surface area contributed by atoms with Crippen LogP contribution in [0.25, 0.3) is 0 Å². The van der Waals surface area contributed by atoms with Crippen molar-refractivity contribution < 1.29 is 0 Å². The van der Waals surface area contributed by atoms with Crippen LogP contribution in [0.3, 0.4) is 0 Å². The minimum absolute atomic E-state index is 0.216. The van der Waals surface area contributed by atoms with E-state index in [0.29, 0.717) is 0 Å². The number of halogens is 2. The molecule has 1 atom stereocenters. The lowest BCUT2D eigenvalue weighted by molar-refractivity contribution is 0.641. The first-order valence-electron chi connectivity index (χ1n) is 6.56. The smallest absolute Gasteiger partial charge is 0.0178 e. The third-order valence-electron chi connectivity index (χ3n) is 3.07. The number of nitrogens with two attached hydrogens (primary N) is 1. The second kappa shape index (κ2) is 7.64. The van der Waals surface area contributed by atoms with Crippen molar-refractivity contribution in [3.05, 3.63) is 57.0 Å². The molecule has 4 heteroatoms. The Morgan fingerprint density at radius 1 is 1.05 bits per heavy atom. The maximum atomic E-state index is 6.11. The summed E-state index contributed by atoms with van der Waals surface area (Å²) >= 11 is 8.80. The molecule has 0 aliphatic rings. The molecule has 1 nitrogen and oxygen atoms in total. The number of rotatable bonds is 5. The van der Waals surface area contributed by atoms with E-state index in [1.165, 1.54) is 15.4 Å². The summed E-state index contributed by atoms with van der Waals surface area (Å²) in [6.45, 7) is 2.13. The van der Waals surface area contributed by atoms with E-state index in [-0.39, 0.29) is 6.04 Å². The largest absolute Gasteiger partial charge is 0.327 e. The SMILES string of the molecule is CCC(N)Cc1cc(Br)ccc1Sc1ccc(Br)cc1. The maximum absolute atomic E-state index is 6.11. The average molecular weight is 415 g/mol. The zero-order valence-electron chi connectivity index (χ0n) is 11.3. The number of hydrogen-bond donors (Lipinski definition) is 1. The van der Waals surface area contributed by atoms with Crippen molar-refractivity contribution in [3.8, 4) is 0 Å². The Balaban J connectivity index is 2.23. The van der Waals surface area contributed by atoms with E-state index in [2.05, 4.69) is 81.2 Å².